The normalized spacial score (nSPS) is 27.4. The Kier molecular flexibility index (Phi) is 4.90. The average Bonchev–Trinajstić information content (AvgIpc) is 2.54. The fraction of sp³-hybridized carbons (Fsp3) is 0.500. The van der Waals surface area contributed by atoms with Gasteiger partial charge in [-0.05, 0) is 44.0 Å². The highest BCUT2D eigenvalue weighted by atomic mass is 35.5. The molecule has 0 spiro atoms. The molecule has 3 saturated heterocycles. The smallest absolute Gasteiger partial charge is 0.262 e. The number of nitrogens with one attached hydrogen (secondary N) is 2. The minimum Gasteiger partial charge on any atom is -0.481 e. The fourth-order valence-electron chi connectivity index (χ4n) is 3.71. The summed E-state index contributed by atoms with van der Waals surface area (Å²) in [6.07, 6.45) is 2.26. The third-order valence-corrected chi connectivity index (χ3v) is 5.11. The summed E-state index contributed by atoms with van der Waals surface area (Å²) in [7, 11) is 0. The first-order valence-corrected chi connectivity index (χ1v) is 8.27. The van der Waals surface area contributed by atoms with Crippen LogP contribution in [0.15, 0.2) is 12.1 Å². The Bertz CT molecular complexity index is 675. The number of piperidine rings is 3. The van der Waals surface area contributed by atoms with Crippen LogP contribution in [0.2, 0.25) is 5.02 Å². The number of fused-ring (bicyclic) bond motifs is 4. The lowest BCUT2D eigenvalue weighted by Crippen LogP contribution is -2.57. The maximum atomic E-state index is 12.7. The lowest BCUT2D eigenvalue weighted by Gasteiger charge is -2.45. The molecule has 1 aromatic carbocycles. The number of benzene rings is 1. The zero-order chi connectivity index (χ0) is 16.0. The molecule has 1 atom stereocenters. The summed E-state index contributed by atoms with van der Waals surface area (Å²) in [5.74, 6) is 0.495. The molecule has 2 N–H and O–H groups in total. The van der Waals surface area contributed by atoms with Crippen LogP contribution in [-0.2, 0) is 4.79 Å². The van der Waals surface area contributed by atoms with Gasteiger partial charge in [0.05, 0.1) is 11.3 Å². The molecule has 4 aliphatic heterocycles. The fourth-order valence-corrected chi connectivity index (χ4v) is 3.93. The molecule has 0 radical (unpaired) electrons. The van der Waals surface area contributed by atoms with Crippen LogP contribution >= 0.6 is 24.0 Å². The van der Waals surface area contributed by atoms with Gasteiger partial charge >= 0.3 is 0 Å². The van der Waals surface area contributed by atoms with Crippen molar-refractivity contribution in [3.8, 4) is 5.75 Å². The van der Waals surface area contributed by atoms with E-state index >= 15 is 0 Å². The van der Waals surface area contributed by atoms with Crippen LogP contribution in [0.4, 0.5) is 5.69 Å². The van der Waals surface area contributed by atoms with E-state index in [-0.39, 0.29) is 36.9 Å². The number of carbonyl (C=O) groups is 2. The van der Waals surface area contributed by atoms with Gasteiger partial charge in [-0.15, -0.1) is 12.4 Å². The first-order valence-electron chi connectivity index (χ1n) is 7.89. The molecule has 2 amide bonds. The minimum atomic E-state index is -0.247. The van der Waals surface area contributed by atoms with E-state index in [1.807, 2.05) is 0 Å². The second-order valence-electron chi connectivity index (χ2n) is 6.38. The van der Waals surface area contributed by atoms with Crippen molar-refractivity contribution in [3.63, 3.8) is 0 Å². The van der Waals surface area contributed by atoms with Crippen molar-refractivity contribution in [2.45, 2.75) is 18.9 Å². The number of carbonyl (C=O) groups excluding carboxylic acids is 2. The number of ether oxygens (including phenoxy) is 1. The zero-order valence-electron chi connectivity index (χ0n) is 13.0. The molecule has 3 fully saturated rings. The lowest BCUT2D eigenvalue weighted by molar-refractivity contribution is -0.118. The van der Waals surface area contributed by atoms with E-state index in [1.165, 1.54) is 0 Å². The molecule has 8 heteroatoms. The highest BCUT2D eigenvalue weighted by Crippen LogP contribution is 2.35. The van der Waals surface area contributed by atoms with Gasteiger partial charge in [0.25, 0.3) is 11.8 Å². The highest BCUT2D eigenvalue weighted by molar-refractivity contribution is 6.31. The van der Waals surface area contributed by atoms with Gasteiger partial charge in [-0.3, -0.25) is 9.59 Å². The Morgan fingerprint density at radius 2 is 2.08 bits per heavy atom. The topological polar surface area (TPSA) is 70.7 Å². The first-order chi connectivity index (χ1) is 11.1. The molecule has 4 aliphatic rings. The van der Waals surface area contributed by atoms with E-state index < -0.39 is 0 Å². The monoisotopic (exact) mass is 371 g/mol. The van der Waals surface area contributed by atoms with E-state index in [9.17, 15) is 9.59 Å². The molecule has 1 aromatic rings. The molecule has 1 unspecified atom stereocenters. The summed E-state index contributed by atoms with van der Waals surface area (Å²) < 4.78 is 5.45. The number of anilines is 1. The SMILES string of the molecule is Cl.O=C1COc2c(cc(Cl)cc2C(=O)NC2CN3CCC2CC3)N1. The van der Waals surface area contributed by atoms with Crippen LogP contribution in [0.3, 0.4) is 0 Å². The van der Waals surface area contributed by atoms with Crippen LogP contribution in [0.1, 0.15) is 23.2 Å². The number of halogens is 2. The molecular formula is C16H19Cl2N3O3. The summed E-state index contributed by atoms with van der Waals surface area (Å²) in [5, 5.41) is 6.21. The van der Waals surface area contributed by atoms with E-state index in [1.54, 1.807) is 12.1 Å². The predicted octanol–water partition coefficient (Wildman–Crippen LogP) is 1.92. The maximum absolute atomic E-state index is 12.7. The van der Waals surface area contributed by atoms with Gasteiger partial charge in [0, 0.05) is 17.6 Å². The Morgan fingerprint density at radius 1 is 1.33 bits per heavy atom. The number of amides is 2. The number of hydrogen-bond donors (Lipinski definition) is 2. The highest BCUT2D eigenvalue weighted by Gasteiger charge is 2.35. The number of nitrogens with zero attached hydrogens (tertiary/aromatic N) is 1. The Labute approximate surface area is 151 Å². The summed E-state index contributed by atoms with van der Waals surface area (Å²) >= 11 is 6.08. The standard InChI is InChI=1S/C16H18ClN3O3.ClH/c17-10-5-11(15-12(6-10)18-14(21)8-23-15)16(22)19-13-7-20-3-1-9(13)2-4-20;/h5-6,9,13H,1-4,7-8H2,(H,18,21)(H,19,22);1H. The van der Waals surface area contributed by atoms with Crippen molar-refractivity contribution < 1.29 is 14.3 Å². The van der Waals surface area contributed by atoms with Gasteiger partial charge in [0.1, 0.15) is 0 Å². The molecule has 4 heterocycles. The molecule has 130 valence electrons. The molecule has 0 aliphatic carbocycles. The zero-order valence-corrected chi connectivity index (χ0v) is 14.6. The summed E-state index contributed by atoms with van der Waals surface area (Å²) in [6.45, 7) is 3.06. The molecule has 24 heavy (non-hydrogen) atoms. The van der Waals surface area contributed by atoms with Crippen molar-refractivity contribution in [2.24, 2.45) is 5.92 Å². The summed E-state index contributed by atoms with van der Waals surface area (Å²) in [6, 6.07) is 3.35. The number of rotatable bonds is 2. The van der Waals surface area contributed by atoms with E-state index in [0.717, 1.165) is 32.5 Å². The van der Waals surface area contributed by atoms with Crippen LogP contribution in [0.25, 0.3) is 0 Å². The first kappa shape index (κ1) is 17.3. The Balaban J connectivity index is 0.00000169. The summed E-state index contributed by atoms with van der Waals surface area (Å²) in [5.41, 5.74) is 0.830. The van der Waals surface area contributed by atoms with Crippen molar-refractivity contribution in [3.05, 3.63) is 22.7 Å². The van der Waals surface area contributed by atoms with Crippen molar-refractivity contribution in [1.82, 2.24) is 10.2 Å². The molecule has 5 rings (SSSR count). The molecule has 0 aromatic heterocycles. The molecule has 6 nitrogen and oxygen atoms in total. The maximum Gasteiger partial charge on any atom is 0.262 e. The van der Waals surface area contributed by atoms with Crippen molar-refractivity contribution >= 4 is 41.5 Å². The van der Waals surface area contributed by atoms with Gasteiger partial charge in [0.2, 0.25) is 0 Å². The van der Waals surface area contributed by atoms with Crippen LogP contribution in [-0.4, -0.2) is 49.0 Å². The van der Waals surface area contributed by atoms with E-state index in [2.05, 4.69) is 15.5 Å². The van der Waals surface area contributed by atoms with Gasteiger partial charge < -0.3 is 20.3 Å². The minimum absolute atomic E-state index is 0. The second kappa shape index (κ2) is 6.78. The van der Waals surface area contributed by atoms with Crippen LogP contribution < -0.4 is 15.4 Å². The molecular weight excluding hydrogens is 353 g/mol. The average molecular weight is 372 g/mol. The quantitative estimate of drug-likeness (QED) is 0.832. The van der Waals surface area contributed by atoms with Gasteiger partial charge in [-0.2, -0.15) is 0 Å². The summed E-state index contributed by atoms with van der Waals surface area (Å²) in [4.78, 5) is 26.5. The second-order valence-corrected chi connectivity index (χ2v) is 6.82. The third kappa shape index (κ3) is 3.18. The van der Waals surface area contributed by atoms with Gasteiger partial charge in [0.15, 0.2) is 12.4 Å². The van der Waals surface area contributed by atoms with Crippen molar-refractivity contribution in [1.29, 1.82) is 0 Å². The van der Waals surface area contributed by atoms with Crippen LogP contribution in [0.5, 0.6) is 5.75 Å². The van der Waals surface area contributed by atoms with Crippen LogP contribution in [0, 0.1) is 5.92 Å². The van der Waals surface area contributed by atoms with E-state index in [0.29, 0.717) is 27.9 Å². The largest absolute Gasteiger partial charge is 0.481 e. The molecule has 2 bridgehead atoms. The lowest BCUT2D eigenvalue weighted by atomic mass is 9.84. The Morgan fingerprint density at radius 3 is 2.75 bits per heavy atom. The Hall–Kier alpha value is -1.50. The third-order valence-electron chi connectivity index (χ3n) is 4.89. The van der Waals surface area contributed by atoms with Gasteiger partial charge in [-0.25, -0.2) is 0 Å². The molecule has 0 saturated carbocycles. The predicted molar refractivity (Wildman–Crippen MR) is 93.2 cm³/mol. The van der Waals surface area contributed by atoms with Crippen molar-refractivity contribution in [2.75, 3.05) is 31.6 Å². The van der Waals surface area contributed by atoms with Gasteiger partial charge in [-0.1, -0.05) is 11.6 Å². The number of hydrogen-bond acceptors (Lipinski definition) is 4. The van der Waals surface area contributed by atoms with E-state index in [4.69, 9.17) is 16.3 Å².